The summed E-state index contributed by atoms with van der Waals surface area (Å²) >= 11 is 0. The molecule has 0 aliphatic rings. The average molecular weight is 350 g/mol. The first-order chi connectivity index (χ1) is 12.6. The summed E-state index contributed by atoms with van der Waals surface area (Å²) in [5.41, 5.74) is 10.3. The van der Waals surface area contributed by atoms with Crippen LogP contribution in [-0.2, 0) is 0 Å². The van der Waals surface area contributed by atoms with Gasteiger partial charge in [0.05, 0.1) is 12.8 Å². The molecule has 3 aromatic rings. The van der Waals surface area contributed by atoms with E-state index in [4.69, 9.17) is 10.5 Å². The summed E-state index contributed by atoms with van der Waals surface area (Å²) in [6.45, 7) is 4.55. The van der Waals surface area contributed by atoms with Crippen molar-refractivity contribution in [2.75, 3.05) is 19.4 Å². The number of aryl methyl sites for hydroxylation is 1. The van der Waals surface area contributed by atoms with E-state index in [2.05, 4.69) is 15.5 Å². The summed E-state index contributed by atoms with van der Waals surface area (Å²) in [5.74, 6) is 0.527. The van der Waals surface area contributed by atoms with Gasteiger partial charge >= 0.3 is 0 Å². The minimum Gasteiger partial charge on any atom is -0.496 e. The van der Waals surface area contributed by atoms with Crippen LogP contribution in [0.5, 0.6) is 5.75 Å². The second-order valence-corrected chi connectivity index (χ2v) is 6.10. The summed E-state index contributed by atoms with van der Waals surface area (Å²) in [4.78, 5) is 12.2. The number of hydrogen-bond donors (Lipinski definition) is 2. The van der Waals surface area contributed by atoms with Crippen molar-refractivity contribution in [1.82, 2.24) is 15.5 Å². The van der Waals surface area contributed by atoms with Gasteiger partial charge in [-0.1, -0.05) is 31.2 Å². The third kappa shape index (κ3) is 3.18. The monoisotopic (exact) mass is 350 g/mol. The second-order valence-electron chi connectivity index (χ2n) is 6.10. The zero-order valence-corrected chi connectivity index (χ0v) is 15.2. The lowest BCUT2D eigenvalue weighted by atomic mass is 9.99. The number of rotatable bonds is 5. The molecule has 0 spiro atoms. The Labute approximate surface area is 152 Å². The topological polar surface area (TPSA) is 90.1 Å². The fourth-order valence-corrected chi connectivity index (χ4v) is 2.92. The van der Waals surface area contributed by atoms with Crippen LogP contribution in [0, 0.1) is 6.92 Å². The molecule has 0 saturated heterocycles. The Bertz CT molecular complexity index is 969. The van der Waals surface area contributed by atoms with Crippen molar-refractivity contribution in [2.24, 2.45) is 0 Å². The standard InChI is InChI=1S/C20H22N4O2/c1-4-10-22-20(25)19-17(21)15-7-5-6-14(18(15)23-24-19)13-8-9-16(26-3)12(2)11-13/h5-9,11H,4,10H2,1-3H3,(H2,21,23)(H,22,25). The first-order valence-electron chi connectivity index (χ1n) is 8.55. The van der Waals surface area contributed by atoms with Crippen LogP contribution in [0.25, 0.3) is 22.0 Å². The van der Waals surface area contributed by atoms with Crippen LogP contribution in [0.15, 0.2) is 36.4 Å². The Balaban J connectivity index is 2.10. The third-order valence-corrected chi connectivity index (χ3v) is 4.29. The van der Waals surface area contributed by atoms with Gasteiger partial charge in [0, 0.05) is 17.5 Å². The quantitative estimate of drug-likeness (QED) is 0.736. The minimum absolute atomic E-state index is 0.161. The van der Waals surface area contributed by atoms with E-state index in [0.29, 0.717) is 23.1 Å². The van der Waals surface area contributed by atoms with Gasteiger partial charge in [-0.3, -0.25) is 4.79 Å². The number of hydrogen-bond acceptors (Lipinski definition) is 5. The predicted molar refractivity (Wildman–Crippen MR) is 103 cm³/mol. The Hall–Kier alpha value is -3.15. The molecule has 0 saturated carbocycles. The van der Waals surface area contributed by atoms with Crippen molar-refractivity contribution in [2.45, 2.75) is 20.3 Å². The summed E-state index contributed by atoms with van der Waals surface area (Å²) in [6, 6.07) is 11.7. The summed E-state index contributed by atoms with van der Waals surface area (Å²) in [5, 5.41) is 11.9. The fraction of sp³-hybridized carbons (Fsp3) is 0.250. The first-order valence-corrected chi connectivity index (χ1v) is 8.55. The number of carbonyl (C=O) groups excluding carboxylic acids is 1. The number of anilines is 1. The highest BCUT2D eigenvalue weighted by atomic mass is 16.5. The number of amides is 1. The smallest absolute Gasteiger partial charge is 0.273 e. The fourth-order valence-electron chi connectivity index (χ4n) is 2.92. The lowest BCUT2D eigenvalue weighted by Gasteiger charge is -2.12. The molecule has 6 nitrogen and oxygen atoms in total. The van der Waals surface area contributed by atoms with Crippen molar-refractivity contribution < 1.29 is 9.53 Å². The molecule has 1 heterocycles. The zero-order chi connectivity index (χ0) is 18.7. The van der Waals surface area contributed by atoms with Crippen molar-refractivity contribution in [3.05, 3.63) is 47.7 Å². The summed E-state index contributed by atoms with van der Waals surface area (Å²) in [6.07, 6.45) is 0.841. The van der Waals surface area contributed by atoms with Gasteiger partial charge in [0.25, 0.3) is 5.91 Å². The second kappa shape index (κ2) is 7.39. The molecular formula is C20H22N4O2. The maximum atomic E-state index is 12.2. The van der Waals surface area contributed by atoms with E-state index in [9.17, 15) is 4.79 Å². The van der Waals surface area contributed by atoms with Gasteiger partial charge in [0.2, 0.25) is 0 Å². The number of benzene rings is 2. The molecular weight excluding hydrogens is 328 g/mol. The Morgan fingerprint density at radius 1 is 1.23 bits per heavy atom. The van der Waals surface area contributed by atoms with Gasteiger partial charge in [-0.25, -0.2) is 0 Å². The maximum absolute atomic E-state index is 12.2. The van der Waals surface area contributed by atoms with Crippen LogP contribution in [0.2, 0.25) is 0 Å². The molecule has 1 aromatic heterocycles. The largest absolute Gasteiger partial charge is 0.496 e. The van der Waals surface area contributed by atoms with E-state index in [-0.39, 0.29) is 11.6 Å². The van der Waals surface area contributed by atoms with E-state index < -0.39 is 0 Å². The summed E-state index contributed by atoms with van der Waals surface area (Å²) in [7, 11) is 1.65. The number of nitrogens with two attached hydrogens (primary N) is 1. The number of nitrogens with zero attached hydrogens (tertiary/aromatic N) is 2. The van der Waals surface area contributed by atoms with Crippen LogP contribution in [0.3, 0.4) is 0 Å². The van der Waals surface area contributed by atoms with Gasteiger partial charge in [-0.05, 0) is 36.6 Å². The maximum Gasteiger partial charge on any atom is 0.273 e. The minimum atomic E-state index is -0.301. The molecule has 0 bridgehead atoms. The normalized spacial score (nSPS) is 10.7. The van der Waals surface area contributed by atoms with Crippen LogP contribution in [0.1, 0.15) is 29.4 Å². The lowest BCUT2D eigenvalue weighted by molar-refractivity contribution is 0.0949. The van der Waals surface area contributed by atoms with Gasteiger partial charge in [0.15, 0.2) is 5.69 Å². The van der Waals surface area contributed by atoms with Crippen molar-refractivity contribution in [3.63, 3.8) is 0 Å². The van der Waals surface area contributed by atoms with Crippen LogP contribution in [0.4, 0.5) is 5.69 Å². The molecule has 6 heteroatoms. The molecule has 0 radical (unpaired) electrons. The van der Waals surface area contributed by atoms with Crippen molar-refractivity contribution in [3.8, 4) is 16.9 Å². The van der Waals surface area contributed by atoms with E-state index >= 15 is 0 Å². The molecule has 0 unspecified atom stereocenters. The Kier molecular flexibility index (Phi) is 5.02. The molecule has 3 N–H and O–H groups in total. The van der Waals surface area contributed by atoms with E-state index in [1.807, 2.05) is 50.2 Å². The summed E-state index contributed by atoms with van der Waals surface area (Å²) < 4.78 is 5.32. The van der Waals surface area contributed by atoms with Crippen LogP contribution >= 0.6 is 0 Å². The first kappa shape index (κ1) is 17.7. The predicted octanol–water partition coefficient (Wildman–Crippen LogP) is 3.34. The number of carbonyl (C=O) groups is 1. The van der Waals surface area contributed by atoms with Crippen LogP contribution < -0.4 is 15.8 Å². The number of aromatic nitrogens is 2. The number of methoxy groups -OCH3 is 1. The van der Waals surface area contributed by atoms with E-state index in [0.717, 1.165) is 28.9 Å². The van der Waals surface area contributed by atoms with Crippen LogP contribution in [-0.4, -0.2) is 29.8 Å². The SMILES string of the molecule is CCCNC(=O)c1nnc2c(-c3ccc(OC)c(C)c3)cccc2c1N. The van der Waals surface area contributed by atoms with Crippen molar-refractivity contribution >= 4 is 22.5 Å². The number of fused-ring (bicyclic) bond motifs is 1. The van der Waals surface area contributed by atoms with E-state index in [1.165, 1.54) is 0 Å². The molecule has 0 aliphatic carbocycles. The Morgan fingerprint density at radius 2 is 2.04 bits per heavy atom. The third-order valence-electron chi connectivity index (χ3n) is 4.29. The molecule has 1 amide bonds. The highest BCUT2D eigenvalue weighted by Crippen LogP contribution is 2.32. The van der Waals surface area contributed by atoms with E-state index in [1.54, 1.807) is 7.11 Å². The van der Waals surface area contributed by atoms with Gasteiger partial charge < -0.3 is 15.8 Å². The Morgan fingerprint density at radius 3 is 2.73 bits per heavy atom. The molecule has 2 aromatic carbocycles. The highest BCUT2D eigenvalue weighted by Gasteiger charge is 2.17. The molecule has 134 valence electrons. The molecule has 3 rings (SSSR count). The lowest BCUT2D eigenvalue weighted by Crippen LogP contribution is -2.26. The number of ether oxygens (including phenoxy) is 1. The van der Waals surface area contributed by atoms with Gasteiger partial charge in [0.1, 0.15) is 11.3 Å². The molecule has 26 heavy (non-hydrogen) atoms. The molecule has 0 fully saturated rings. The number of nitrogen functional groups attached to an aromatic ring is 1. The van der Waals surface area contributed by atoms with Gasteiger partial charge in [-0.15, -0.1) is 10.2 Å². The highest BCUT2D eigenvalue weighted by molar-refractivity contribution is 6.07. The molecule has 0 aliphatic heterocycles. The van der Waals surface area contributed by atoms with Gasteiger partial charge in [-0.2, -0.15) is 0 Å². The molecule has 0 atom stereocenters. The number of nitrogens with one attached hydrogen (secondary N) is 1. The zero-order valence-electron chi connectivity index (χ0n) is 15.2. The average Bonchev–Trinajstić information content (AvgIpc) is 2.66. The van der Waals surface area contributed by atoms with Crippen molar-refractivity contribution in [1.29, 1.82) is 0 Å².